The summed E-state index contributed by atoms with van der Waals surface area (Å²) in [7, 11) is 0. The second kappa shape index (κ2) is 5.99. The fraction of sp³-hybridized carbons (Fsp3) is 0.312. The Bertz CT molecular complexity index is 595. The van der Waals surface area contributed by atoms with Gasteiger partial charge in [-0.05, 0) is 36.8 Å². The number of amides is 1. The first-order valence-electron chi connectivity index (χ1n) is 7.06. The Balaban J connectivity index is 1.66. The zero-order valence-corrected chi connectivity index (χ0v) is 11.7. The van der Waals surface area contributed by atoms with Gasteiger partial charge in [-0.1, -0.05) is 0 Å². The Morgan fingerprint density at radius 1 is 1.05 bits per heavy atom. The maximum Gasteiger partial charge on any atom is 0.257 e. The number of halogens is 1. The molecule has 1 aromatic heterocycles. The monoisotopic (exact) mass is 288 g/mol. The van der Waals surface area contributed by atoms with Crippen molar-refractivity contribution in [3.8, 4) is 0 Å². The zero-order valence-electron chi connectivity index (χ0n) is 11.7. The van der Waals surface area contributed by atoms with Crippen LogP contribution in [0.4, 0.5) is 10.1 Å². The van der Waals surface area contributed by atoms with Gasteiger partial charge in [0.05, 0.1) is 11.8 Å². The van der Waals surface area contributed by atoms with Gasteiger partial charge in [0.25, 0.3) is 5.91 Å². The van der Waals surface area contributed by atoms with Crippen molar-refractivity contribution in [2.24, 2.45) is 0 Å². The van der Waals surface area contributed by atoms with E-state index in [0.717, 1.165) is 31.7 Å². The summed E-state index contributed by atoms with van der Waals surface area (Å²) in [5, 5.41) is 0. The van der Waals surface area contributed by atoms with Crippen molar-refractivity contribution in [1.29, 1.82) is 0 Å². The first-order chi connectivity index (χ1) is 10.2. The molecule has 0 unspecified atom stereocenters. The molecule has 0 radical (unpaired) electrons. The number of benzene rings is 1. The van der Waals surface area contributed by atoms with E-state index in [-0.39, 0.29) is 11.7 Å². The molecule has 2 aromatic rings. The molecule has 1 aromatic carbocycles. The lowest BCUT2D eigenvalue weighted by atomic mass is 10.2. The highest BCUT2D eigenvalue weighted by Crippen LogP contribution is 2.18. The SMILES string of the molecule is O=C(c1ccoc1)N1CCCN(c2ccc(F)cc2)CC1. The Hall–Kier alpha value is -2.30. The van der Waals surface area contributed by atoms with Crippen LogP contribution >= 0.6 is 0 Å². The Kier molecular flexibility index (Phi) is 3.90. The van der Waals surface area contributed by atoms with E-state index < -0.39 is 0 Å². The van der Waals surface area contributed by atoms with Crippen LogP contribution in [-0.2, 0) is 0 Å². The van der Waals surface area contributed by atoms with E-state index in [1.165, 1.54) is 24.7 Å². The van der Waals surface area contributed by atoms with Crippen molar-refractivity contribution in [2.45, 2.75) is 6.42 Å². The molecular formula is C16H17FN2O2. The molecule has 110 valence electrons. The maximum atomic E-state index is 13.0. The standard InChI is InChI=1S/C16H17FN2O2/c17-14-2-4-15(5-3-14)18-7-1-8-19(10-9-18)16(20)13-6-11-21-12-13/h2-6,11-12H,1,7-10H2. The molecule has 0 N–H and O–H groups in total. The quantitative estimate of drug-likeness (QED) is 0.852. The minimum absolute atomic E-state index is 0.00436. The number of furan rings is 1. The summed E-state index contributed by atoms with van der Waals surface area (Å²) < 4.78 is 17.9. The summed E-state index contributed by atoms with van der Waals surface area (Å²) in [5.74, 6) is -0.227. The van der Waals surface area contributed by atoms with Crippen LogP contribution in [0, 0.1) is 5.82 Å². The van der Waals surface area contributed by atoms with Crippen molar-refractivity contribution >= 4 is 11.6 Å². The lowest BCUT2D eigenvalue weighted by Gasteiger charge is -2.23. The molecule has 5 heteroatoms. The fourth-order valence-corrected chi connectivity index (χ4v) is 2.60. The Morgan fingerprint density at radius 3 is 2.57 bits per heavy atom. The van der Waals surface area contributed by atoms with Gasteiger partial charge < -0.3 is 14.2 Å². The normalized spacial score (nSPS) is 15.9. The molecule has 1 aliphatic rings. The highest BCUT2D eigenvalue weighted by atomic mass is 19.1. The first kappa shape index (κ1) is 13.7. The zero-order chi connectivity index (χ0) is 14.7. The molecule has 1 saturated heterocycles. The largest absolute Gasteiger partial charge is 0.472 e. The number of hydrogen-bond acceptors (Lipinski definition) is 3. The average molecular weight is 288 g/mol. The molecule has 4 nitrogen and oxygen atoms in total. The van der Waals surface area contributed by atoms with Crippen LogP contribution < -0.4 is 4.90 Å². The lowest BCUT2D eigenvalue weighted by molar-refractivity contribution is 0.0766. The van der Waals surface area contributed by atoms with Gasteiger partial charge in [-0.25, -0.2) is 4.39 Å². The van der Waals surface area contributed by atoms with Gasteiger partial charge in [-0.3, -0.25) is 4.79 Å². The molecule has 0 aliphatic carbocycles. The third-order valence-electron chi connectivity index (χ3n) is 3.74. The van der Waals surface area contributed by atoms with Gasteiger partial charge in [0.2, 0.25) is 0 Å². The fourth-order valence-electron chi connectivity index (χ4n) is 2.60. The number of carbonyl (C=O) groups excluding carboxylic acids is 1. The van der Waals surface area contributed by atoms with Crippen molar-refractivity contribution in [2.75, 3.05) is 31.1 Å². The van der Waals surface area contributed by atoms with Crippen LogP contribution in [-0.4, -0.2) is 37.0 Å². The van der Waals surface area contributed by atoms with Gasteiger partial charge >= 0.3 is 0 Å². The molecule has 1 fully saturated rings. The molecule has 2 heterocycles. The van der Waals surface area contributed by atoms with E-state index in [2.05, 4.69) is 4.90 Å². The summed E-state index contributed by atoms with van der Waals surface area (Å²) >= 11 is 0. The Morgan fingerprint density at radius 2 is 1.86 bits per heavy atom. The molecule has 0 saturated carbocycles. The molecule has 0 spiro atoms. The summed E-state index contributed by atoms with van der Waals surface area (Å²) in [6.45, 7) is 2.99. The second-order valence-corrected chi connectivity index (χ2v) is 5.12. The van der Waals surface area contributed by atoms with E-state index >= 15 is 0 Å². The van der Waals surface area contributed by atoms with Crippen molar-refractivity contribution in [1.82, 2.24) is 4.90 Å². The van der Waals surface area contributed by atoms with E-state index in [1.54, 1.807) is 18.2 Å². The lowest BCUT2D eigenvalue weighted by Crippen LogP contribution is -2.35. The van der Waals surface area contributed by atoms with Crippen molar-refractivity contribution in [3.63, 3.8) is 0 Å². The minimum atomic E-state index is -0.231. The predicted molar refractivity (Wildman–Crippen MR) is 77.8 cm³/mol. The van der Waals surface area contributed by atoms with Gasteiger partial charge in [0.15, 0.2) is 0 Å². The van der Waals surface area contributed by atoms with Gasteiger partial charge in [0, 0.05) is 31.9 Å². The van der Waals surface area contributed by atoms with E-state index in [4.69, 9.17) is 4.42 Å². The minimum Gasteiger partial charge on any atom is -0.472 e. The van der Waals surface area contributed by atoms with Crippen LogP contribution in [0.3, 0.4) is 0 Å². The summed E-state index contributed by atoms with van der Waals surface area (Å²) in [6, 6.07) is 8.18. The van der Waals surface area contributed by atoms with Gasteiger partial charge in [-0.15, -0.1) is 0 Å². The number of rotatable bonds is 2. The number of hydrogen-bond donors (Lipinski definition) is 0. The van der Waals surface area contributed by atoms with E-state index in [9.17, 15) is 9.18 Å². The number of nitrogens with zero attached hydrogens (tertiary/aromatic N) is 2. The van der Waals surface area contributed by atoms with Gasteiger partial charge in [0.1, 0.15) is 12.1 Å². The summed E-state index contributed by atoms with van der Waals surface area (Å²) in [6.07, 6.45) is 3.88. The van der Waals surface area contributed by atoms with Gasteiger partial charge in [-0.2, -0.15) is 0 Å². The highest BCUT2D eigenvalue weighted by molar-refractivity contribution is 5.93. The van der Waals surface area contributed by atoms with Crippen LogP contribution in [0.1, 0.15) is 16.8 Å². The Labute approximate surface area is 122 Å². The van der Waals surface area contributed by atoms with Crippen LogP contribution in [0.15, 0.2) is 47.3 Å². The van der Waals surface area contributed by atoms with Crippen molar-refractivity contribution < 1.29 is 13.6 Å². The molecule has 1 amide bonds. The van der Waals surface area contributed by atoms with E-state index in [1.807, 2.05) is 4.90 Å². The molecule has 0 bridgehead atoms. The average Bonchev–Trinajstić information content (AvgIpc) is 2.92. The third kappa shape index (κ3) is 3.07. The third-order valence-corrected chi connectivity index (χ3v) is 3.74. The van der Waals surface area contributed by atoms with Crippen LogP contribution in [0.25, 0.3) is 0 Å². The summed E-state index contributed by atoms with van der Waals surface area (Å²) in [5.41, 5.74) is 1.58. The smallest absolute Gasteiger partial charge is 0.257 e. The second-order valence-electron chi connectivity index (χ2n) is 5.12. The topological polar surface area (TPSA) is 36.7 Å². The van der Waals surface area contributed by atoms with Crippen molar-refractivity contribution in [3.05, 3.63) is 54.2 Å². The van der Waals surface area contributed by atoms with Crippen LogP contribution in [0.2, 0.25) is 0 Å². The maximum absolute atomic E-state index is 13.0. The first-order valence-corrected chi connectivity index (χ1v) is 7.06. The number of anilines is 1. The molecule has 0 atom stereocenters. The molecule has 3 rings (SSSR count). The van der Waals surface area contributed by atoms with Crippen LogP contribution in [0.5, 0.6) is 0 Å². The highest BCUT2D eigenvalue weighted by Gasteiger charge is 2.21. The summed E-state index contributed by atoms with van der Waals surface area (Å²) in [4.78, 5) is 16.3. The number of carbonyl (C=O) groups is 1. The molecular weight excluding hydrogens is 271 g/mol. The molecule has 1 aliphatic heterocycles. The molecule has 21 heavy (non-hydrogen) atoms. The van der Waals surface area contributed by atoms with E-state index in [0.29, 0.717) is 12.1 Å². The predicted octanol–water partition coefficient (Wildman–Crippen LogP) is 2.77.